The van der Waals surface area contributed by atoms with Crippen LogP contribution in [-0.4, -0.2) is 30.9 Å². The zero-order valence-corrected chi connectivity index (χ0v) is 16.4. The molecule has 4 N–H and O–H groups in total. The summed E-state index contributed by atoms with van der Waals surface area (Å²) >= 11 is 0. The van der Waals surface area contributed by atoms with E-state index in [-0.39, 0.29) is 24.2 Å². The number of benzene rings is 2. The number of nitrogens with one attached hydrogen (secondary N) is 4. The normalized spacial score (nSPS) is 11.3. The van der Waals surface area contributed by atoms with Gasteiger partial charge in [0.2, 0.25) is 5.91 Å². The molecule has 154 valence electrons. The van der Waals surface area contributed by atoms with Gasteiger partial charge in [0.05, 0.1) is 0 Å². The number of halogens is 1. The summed E-state index contributed by atoms with van der Waals surface area (Å²) in [6.45, 7) is 2.12. The minimum absolute atomic E-state index is 0.209. The van der Waals surface area contributed by atoms with E-state index >= 15 is 0 Å². The van der Waals surface area contributed by atoms with Crippen LogP contribution < -0.4 is 21.3 Å². The predicted octanol–water partition coefficient (Wildman–Crippen LogP) is 2.79. The minimum atomic E-state index is -0.739. The van der Waals surface area contributed by atoms with Crippen LogP contribution in [0.25, 0.3) is 0 Å². The summed E-state index contributed by atoms with van der Waals surface area (Å²) in [5, 5.41) is 10.6. The first-order valence-corrected chi connectivity index (χ1v) is 9.34. The fraction of sp³-hybridized carbons (Fsp3) is 0.286. The van der Waals surface area contributed by atoms with Gasteiger partial charge in [-0.2, -0.15) is 0 Å². The van der Waals surface area contributed by atoms with Crippen molar-refractivity contribution in [1.29, 1.82) is 0 Å². The second-order valence-corrected chi connectivity index (χ2v) is 6.44. The highest BCUT2D eigenvalue weighted by molar-refractivity contribution is 5.99. The third-order valence-electron chi connectivity index (χ3n) is 4.18. The molecule has 0 aliphatic carbocycles. The topological polar surface area (TPSA) is 99.3 Å². The molecule has 0 saturated heterocycles. The SMILES string of the molecule is CCCC(NC(=O)NCc1ccc(F)cc1)C(=O)Nc1cccc(C(=O)NC)c1. The molecule has 0 heterocycles. The largest absolute Gasteiger partial charge is 0.355 e. The van der Waals surface area contributed by atoms with Crippen LogP contribution in [-0.2, 0) is 11.3 Å². The van der Waals surface area contributed by atoms with Crippen molar-refractivity contribution in [3.8, 4) is 0 Å². The lowest BCUT2D eigenvalue weighted by Gasteiger charge is -2.18. The van der Waals surface area contributed by atoms with E-state index in [0.717, 1.165) is 5.56 Å². The molecule has 7 nitrogen and oxygen atoms in total. The van der Waals surface area contributed by atoms with E-state index in [1.807, 2.05) is 6.92 Å². The van der Waals surface area contributed by atoms with Crippen molar-refractivity contribution in [1.82, 2.24) is 16.0 Å². The molecule has 0 radical (unpaired) electrons. The first-order valence-electron chi connectivity index (χ1n) is 9.34. The second kappa shape index (κ2) is 10.8. The highest BCUT2D eigenvalue weighted by atomic mass is 19.1. The Bertz CT molecular complexity index is 855. The molecule has 2 aromatic rings. The quantitative estimate of drug-likeness (QED) is 0.548. The number of carbonyl (C=O) groups excluding carboxylic acids is 3. The number of rotatable bonds is 8. The summed E-state index contributed by atoms with van der Waals surface area (Å²) in [4.78, 5) is 36.5. The number of amides is 4. The average Bonchev–Trinajstić information content (AvgIpc) is 2.72. The van der Waals surface area contributed by atoms with Crippen molar-refractivity contribution in [3.05, 3.63) is 65.5 Å². The average molecular weight is 400 g/mol. The molecule has 8 heteroatoms. The van der Waals surface area contributed by atoms with Gasteiger partial charge >= 0.3 is 6.03 Å². The van der Waals surface area contributed by atoms with Gasteiger partial charge in [-0.15, -0.1) is 0 Å². The molecule has 0 aliphatic rings. The Balaban J connectivity index is 1.95. The van der Waals surface area contributed by atoms with Gasteiger partial charge in [0, 0.05) is 24.8 Å². The summed E-state index contributed by atoms with van der Waals surface area (Å²) in [7, 11) is 1.53. The standard InChI is InChI=1S/C21H25FN4O3/c1-3-5-18(26-21(29)24-13-14-8-10-16(22)11-9-14)20(28)25-17-7-4-6-15(12-17)19(27)23-2/h4,6-12,18H,3,5,13H2,1-2H3,(H,23,27)(H,25,28)(H2,24,26,29). The summed E-state index contributed by atoms with van der Waals surface area (Å²) in [6.07, 6.45) is 1.14. The zero-order chi connectivity index (χ0) is 21.2. The minimum Gasteiger partial charge on any atom is -0.355 e. The Labute approximate surface area is 169 Å². The van der Waals surface area contributed by atoms with Gasteiger partial charge < -0.3 is 21.3 Å². The van der Waals surface area contributed by atoms with Crippen LogP contribution in [0.3, 0.4) is 0 Å². The van der Waals surface area contributed by atoms with E-state index in [2.05, 4.69) is 21.3 Å². The number of hydrogen-bond donors (Lipinski definition) is 4. The summed E-state index contributed by atoms with van der Waals surface area (Å²) in [5.74, 6) is -0.985. The van der Waals surface area contributed by atoms with E-state index in [4.69, 9.17) is 0 Å². The lowest BCUT2D eigenvalue weighted by Crippen LogP contribution is -2.47. The molecule has 1 atom stereocenters. The van der Waals surface area contributed by atoms with E-state index < -0.39 is 12.1 Å². The zero-order valence-electron chi connectivity index (χ0n) is 16.4. The van der Waals surface area contributed by atoms with Crippen LogP contribution in [0.1, 0.15) is 35.7 Å². The van der Waals surface area contributed by atoms with Gasteiger partial charge in [0.1, 0.15) is 11.9 Å². The molecule has 0 saturated carbocycles. The fourth-order valence-corrected chi connectivity index (χ4v) is 2.66. The summed E-state index contributed by atoms with van der Waals surface area (Å²) < 4.78 is 12.9. The Morgan fingerprint density at radius 1 is 1.07 bits per heavy atom. The monoisotopic (exact) mass is 400 g/mol. The van der Waals surface area contributed by atoms with Crippen molar-refractivity contribution in [2.75, 3.05) is 12.4 Å². The molecule has 2 aromatic carbocycles. The lowest BCUT2D eigenvalue weighted by molar-refractivity contribution is -0.118. The molecule has 1 unspecified atom stereocenters. The molecule has 29 heavy (non-hydrogen) atoms. The van der Waals surface area contributed by atoms with Crippen molar-refractivity contribution in [3.63, 3.8) is 0 Å². The number of urea groups is 1. The van der Waals surface area contributed by atoms with Crippen LogP contribution in [0.2, 0.25) is 0 Å². The molecule has 4 amide bonds. The number of hydrogen-bond acceptors (Lipinski definition) is 3. The van der Waals surface area contributed by atoms with Gasteiger partial charge in [-0.05, 0) is 42.3 Å². The van der Waals surface area contributed by atoms with Gasteiger partial charge in [-0.1, -0.05) is 31.5 Å². The third-order valence-corrected chi connectivity index (χ3v) is 4.18. The first kappa shape index (κ1) is 21.9. The van der Waals surface area contributed by atoms with Crippen molar-refractivity contribution in [2.24, 2.45) is 0 Å². The maximum absolute atomic E-state index is 12.9. The van der Waals surface area contributed by atoms with Crippen LogP contribution >= 0.6 is 0 Å². The van der Waals surface area contributed by atoms with Gasteiger partial charge in [-0.25, -0.2) is 9.18 Å². The Kier molecular flexibility index (Phi) is 8.14. The Morgan fingerprint density at radius 2 is 1.79 bits per heavy atom. The molecule has 0 spiro atoms. The molecule has 0 bridgehead atoms. The van der Waals surface area contributed by atoms with E-state index in [9.17, 15) is 18.8 Å². The smallest absolute Gasteiger partial charge is 0.315 e. The maximum Gasteiger partial charge on any atom is 0.315 e. The number of anilines is 1. The third kappa shape index (κ3) is 6.91. The van der Waals surface area contributed by atoms with Gasteiger partial charge in [0.25, 0.3) is 5.91 Å². The predicted molar refractivity (Wildman–Crippen MR) is 109 cm³/mol. The van der Waals surface area contributed by atoms with Crippen LogP contribution in [0.15, 0.2) is 48.5 Å². The Hall–Kier alpha value is -3.42. The molecule has 0 aliphatic heterocycles. The summed E-state index contributed by atoms with van der Waals surface area (Å²) in [6, 6.07) is 11.1. The lowest BCUT2D eigenvalue weighted by atomic mass is 10.1. The van der Waals surface area contributed by atoms with Crippen molar-refractivity contribution >= 4 is 23.5 Å². The van der Waals surface area contributed by atoms with Crippen molar-refractivity contribution in [2.45, 2.75) is 32.4 Å². The summed E-state index contributed by atoms with van der Waals surface area (Å²) in [5.41, 5.74) is 1.62. The van der Waals surface area contributed by atoms with Crippen LogP contribution in [0.5, 0.6) is 0 Å². The fourth-order valence-electron chi connectivity index (χ4n) is 2.66. The highest BCUT2D eigenvalue weighted by Gasteiger charge is 2.20. The van der Waals surface area contributed by atoms with E-state index in [1.54, 1.807) is 36.4 Å². The molecular weight excluding hydrogens is 375 g/mol. The van der Waals surface area contributed by atoms with Crippen LogP contribution in [0, 0.1) is 5.82 Å². The van der Waals surface area contributed by atoms with Crippen molar-refractivity contribution < 1.29 is 18.8 Å². The second-order valence-electron chi connectivity index (χ2n) is 6.44. The highest BCUT2D eigenvalue weighted by Crippen LogP contribution is 2.12. The molecule has 0 fully saturated rings. The maximum atomic E-state index is 12.9. The molecule has 0 aromatic heterocycles. The van der Waals surface area contributed by atoms with Gasteiger partial charge in [0.15, 0.2) is 0 Å². The molecular formula is C21H25FN4O3. The first-order chi connectivity index (χ1) is 13.9. The number of carbonyl (C=O) groups is 3. The van der Waals surface area contributed by atoms with E-state index in [0.29, 0.717) is 24.1 Å². The van der Waals surface area contributed by atoms with Gasteiger partial charge in [-0.3, -0.25) is 9.59 Å². The van der Waals surface area contributed by atoms with E-state index in [1.165, 1.54) is 19.2 Å². The van der Waals surface area contributed by atoms with Crippen LogP contribution in [0.4, 0.5) is 14.9 Å². The Morgan fingerprint density at radius 3 is 2.45 bits per heavy atom. The molecule has 2 rings (SSSR count).